The summed E-state index contributed by atoms with van der Waals surface area (Å²) in [5.41, 5.74) is 0.477. The second kappa shape index (κ2) is 6.55. The number of nitrogens with one attached hydrogen (secondary N) is 1. The fourth-order valence-corrected chi connectivity index (χ4v) is 3.04. The van der Waals surface area contributed by atoms with Crippen LogP contribution in [0.25, 0.3) is 0 Å². The first-order valence-electron chi connectivity index (χ1n) is 6.11. The summed E-state index contributed by atoms with van der Waals surface area (Å²) in [6.45, 7) is 3.43. The molecular weight excluding hydrogens is 278 g/mol. The first kappa shape index (κ1) is 16.2. The predicted molar refractivity (Wildman–Crippen MR) is 76.0 cm³/mol. The van der Waals surface area contributed by atoms with Crippen LogP contribution in [0.5, 0.6) is 0 Å². The summed E-state index contributed by atoms with van der Waals surface area (Å²) >= 11 is 0. The molecule has 0 heterocycles. The van der Waals surface area contributed by atoms with E-state index >= 15 is 0 Å². The summed E-state index contributed by atoms with van der Waals surface area (Å²) in [5.74, 6) is 1.25. The van der Waals surface area contributed by atoms with Gasteiger partial charge in [0.15, 0.2) is 0 Å². The van der Waals surface area contributed by atoms with Crippen molar-refractivity contribution in [3.05, 3.63) is 29.3 Å². The van der Waals surface area contributed by atoms with Gasteiger partial charge in [0.25, 0.3) is 0 Å². The van der Waals surface area contributed by atoms with Gasteiger partial charge in [0, 0.05) is 12.5 Å². The largest absolute Gasteiger partial charge is 0.478 e. The van der Waals surface area contributed by atoms with Crippen molar-refractivity contribution in [2.45, 2.75) is 37.6 Å². The van der Waals surface area contributed by atoms with Crippen molar-refractivity contribution < 1.29 is 18.3 Å². The maximum absolute atomic E-state index is 12.2. The third kappa shape index (κ3) is 3.83. The molecule has 0 aliphatic carbocycles. The number of sulfonamides is 1. The number of carboxylic acid groups (broad SMARTS) is 1. The number of aromatic carboxylic acids is 1. The Morgan fingerprint density at radius 2 is 2.15 bits per heavy atom. The molecule has 5 nitrogen and oxygen atoms in total. The highest BCUT2D eigenvalue weighted by molar-refractivity contribution is 7.89. The van der Waals surface area contributed by atoms with Crippen molar-refractivity contribution in [2.75, 3.05) is 0 Å². The van der Waals surface area contributed by atoms with E-state index in [1.54, 1.807) is 6.92 Å². The van der Waals surface area contributed by atoms with Gasteiger partial charge in [-0.1, -0.05) is 13.0 Å². The van der Waals surface area contributed by atoms with Gasteiger partial charge in [-0.05, 0) is 31.0 Å². The van der Waals surface area contributed by atoms with Crippen LogP contribution in [0.3, 0.4) is 0 Å². The minimum Gasteiger partial charge on any atom is -0.478 e. The Balaban J connectivity index is 3.13. The molecule has 20 heavy (non-hydrogen) atoms. The van der Waals surface area contributed by atoms with Gasteiger partial charge in [-0.25, -0.2) is 17.9 Å². The molecule has 0 radical (unpaired) electrons. The third-order valence-electron chi connectivity index (χ3n) is 2.93. The van der Waals surface area contributed by atoms with E-state index in [0.29, 0.717) is 12.0 Å². The van der Waals surface area contributed by atoms with Crippen LogP contribution in [0.2, 0.25) is 0 Å². The Kier molecular flexibility index (Phi) is 5.31. The molecule has 0 bridgehead atoms. The molecule has 1 atom stereocenters. The zero-order valence-electron chi connectivity index (χ0n) is 11.4. The Morgan fingerprint density at radius 3 is 2.65 bits per heavy atom. The van der Waals surface area contributed by atoms with Crippen LogP contribution in [0, 0.1) is 19.3 Å². The topological polar surface area (TPSA) is 83.5 Å². The Bertz CT molecular complexity index is 644. The molecule has 0 saturated carbocycles. The SMILES string of the molecule is C#CCC(CC)NS(=O)(=O)c1ccc(C)c(C(=O)O)c1. The fourth-order valence-electron chi connectivity index (χ4n) is 1.70. The Labute approximate surface area is 119 Å². The summed E-state index contributed by atoms with van der Waals surface area (Å²) in [4.78, 5) is 11.0. The van der Waals surface area contributed by atoms with Gasteiger partial charge >= 0.3 is 5.97 Å². The molecular formula is C14H17NO4S. The summed E-state index contributed by atoms with van der Waals surface area (Å²) in [7, 11) is -3.78. The molecule has 0 spiro atoms. The van der Waals surface area contributed by atoms with Crippen LogP contribution in [-0.2, 0) is 10.0 Å². The normalized spacial score (nSPS) is 12.7. The maximum atomic E-state index is 12.2. The molecule has 108 valence electrons. The number of benzene rings is 1. The van der Waals surface area contributed by atoms with Crippen molar-refractivity contribution >= 4 is 16.0 Å². The van der Waals surface area contributed by atoms with Gasteiger partial charge in [0.2, 0.25) is 10.0 Å². The lowest BCUT2D eigenvalue weighted by Gasteiger charge is -2.15. The molecule has 0 saturated heterocycles. The lowest BCUT2D eigenvalue weighted by Crippen LogP contribution is -2.34. The van der Waals surface area contributed by atoms with Gasteiger partial charge in [-0.3, -0.25) is 0 Å². The van der Waals surface area contributed by atoms with Crippen LogP contribution < -0.4 is 4.72 Å². The molecule has 2 N–H and O–H groups in total. The summed E-state index contributed by atoms with van der Waals surface area (Å²) in [6, 6.07) is 3.65. The number of terminal acetylenes is 1. The van der Waals surface area contributed by atoms with Gasteiger partial charge < -0.3 is 5.11 Å². The molecule has 6 heteroatoms. The van der Waals surface area contributed by atoms with Crippen LogP contribution in [0.15, 0.2) is 23.1 Å². The number of aryl methyl sites for hydroxylation is 1. The zero-order valence-corrected chi connectivity index (χ0v) is 12.2. The van der Waals surface area contributed by atoms with Gasteiger partial charge in [0.1, 0.15) is 0 Å². The minimum atomic E-state index is -3.78. The first-order chi connectivity index (χ1) is 9.31. The highest BCUT2D eigenvalue weighted by Crippen LogP contribution is 2.16. The van der Waals surface area contributed by atoms with E-state index < -0.39 is 16.0 Å². The monoisotopic (exact) mass is 295 g/mol. The molecule has 0 aliphatic heterocycles. The minimum absolute atomic E-state index is 0.0297. The van der Waals surface area contributed by atoms with E-state index in [1.165, 1.54) is 12.1 Å². The molecule has 1 rings (SSSR count). The summed E-state index contributed by atoms with van der Waals surface area (Å²) in [5, 5.41) is 9.03. The van der Waals surface area contributed by atoms with Crippen molar-refractivity contribution in [2.24, 2.45) is 0 Å². The van der Waals surface area contributed by atoms with E-state index in [9.17, 15) is 13.2 Å². The predicted octanol–water partition coefficient (Wildman–Crippen LogP) is 1.77. The van der Waals surface area contributed by atoms with Crippen molar-refractivity contribution in [3.63, 3.8) is 0 Å². The van der Waals surface area contributed by atoms with Gasteiger partial charge in [-0.15, -0.1) is 12.3 Å². The Hall–Kier alpha value is -1.84. The lowest BCUT2D eigenvalue weighted by molar-refractivity contribution is 0.0696. The molecule has 0 amide bonds. The summed E-state index contributed by atoms with van der Waals surface area (Å²) in [6.07, 6.45) is 6.03. The Morgan fingerprint density at radius 1 is 1.50 bits per heavy atom. The zero-order chi connectivity index (χ0) is 15.3. The lowest BCUT2D eigenvalue weighted by atomic mass is 10.1. The van der Waals surface area contributed by atoms with Crippen LogP contribution >= 0.6 is 0 Å². The number of hydrogen-bond donors (Lipinski definition) is 2. The summed E-state index contributed by atoms with van der Waals surface area (Å²) < 4.78 is 26.9. The molecule has 0 fully saturated rings. The standard InChI is InChI=1S/C14H17NO4S/c1-4-6-11(5-2)15-20(18,19)12-8-7-10(3)13(9-12)14(16)17/h1,7-9,11,15H,5-6H2,2-3H3,(H,16,17). The number of hydrogen-bond acceptors (Lipinski definition) is 3. The molecule has 1 aromatic carbocycles. The van der Waals surface area contributed by atoms with Gasteiger partial charge in [-0.2, -0.15) is 0 Å². The maximum Gasteiger partial charge on any atom is 0.335 e. The molecule has 0 aliphatic rings. The van der Waals surface area contributed by atoms with Crippen molar-refractivity contribution in [1.29, 1.82) is 0 Å². The third-order valence-corrected chi connectivity index (χ3v) is 4.45. The second-order valence-corrected chi connectivity index (χ2v) is 6.13. The second-order valence-electron chi connectivity index (χ2n) is 4.42. The smallest absolute Gasteiger partial charge is 0.335 e. The average Bonchev–Trinajstić information content (AvgIpc) is 2.37. The molecule has 1 unspecified atom stereocenters. The van der Waals surface area contributed by atoms with Crippen molar-refractivity contribution in [1.82, 2.24) is 4.72 Å². The van der Waals surface area contributed by atoms with E-state index in [1.807, 2.05) is 6.92 Å². The highest BCUT2D eigenvalue weighted by atomic mass is 32.2. The average molecular weight is 295 g/mol. The number of rotatable bonds is 6. The number of carboxylic acids is 1. The van der Waals surface area contributed by atoms with Crippen LogP contribution in [0.1, 0.15) is 35.7 Å². The quantitative estimate of drug-likeness (QED) is 0.783. The highest BCUT2D eigenvalue weighted by Gasteiger charge is 2.20. The van der Waals surface area contributed by atoms with E-state index in [-0.39, 0.29) is 22.9 Å². The molecule has 0 aromatic heterocycles. The van der Waals surface area contributed by atoms with Crippen LogP contribution in [0.4, 0.5) is 0 Å². The fraction of sp³-hybridized carbons (Fsp3) is 0.357. The molecule has 1 aromatic rings. The number of carbonyl (C=O) groups is 1. The van der Waals surface area contributed by atoms with E-state index in [0.717, 1.165) is 6.07 Å². The van der Waals surface area contributed by atoms with E-state index in [4.69, 9.17) is 11.5 Å². The van der Waals surface area contributed by atoms with Crippen molar-refractivity contribution in [3.8, 4) is 12.3 Å². The van der Waals surface area contributed by atoms with Crippen LogP contribution in [-0.4, -0.2) is 25.5 Å². The van der Waals surface area contributed by atoms with Gasteiger partial charge in [0.05, 0.1) is 10.5 Å². The first-order valence-corrected chi connectivity index (χ1v) is 7.60. The van der Waals surface area contributed by atoms with E-state index in [2.05, 4.69) is 10.6 Å².